The molecule has 0 fully saturated rings. The Bertz CT molecular complexity index is 501. The molecule has 0 aliphatic rings. The van der Waals surface area contributed by atoms with Gasteiger partial charge in [-0.2, -0.15) is 0 Å². The molecule has 0 radical (unpaired) electrons. The zero-order chi connectivity index (χ0) is 18.3. The second kappa shape index (κ2) is 8.84. The Labute approximate surface area is 139 Å². The predicted molar refractivity (Wildman–Crippen MR) is 92.9 cm³/mol. The van der Waals surface area contributed by atoms with E-state index >= 15 is 0 Å². The third-order valence-electron chi connectivity index (χ3n) is 4.13. The molecule has 0 saturated heterocycles. The van der Waals surface area contributed by atoms with E-state index in [1.165, 1.54) is 0 Å². The SMILES string of the molecule is C=CCCC(C/C(O)=C(\[N+]#N)C(=O)OC)O[Si](C)(C)C(C)(C)C. The summed E-state index contributed by atoms with van der Waals surface area (Å²) < 4.78 is 10.8. The highest BCUT2D eigenvalue weighted by molar-refractivity contribution is 6.74. The molecule has 1 unspecified atom stereocenters. The summed E-state index contributed by atoms with van der Waals surface area (Å²) in [6.07, 6.45) is 2.93. The average Bonchev–Trinajstić information content (AvgIpc) is 2.43. The molecule has 0 aromatic carbocycles. The van der Waals surface area contributed by atoms with Gasteiger partial charge in [-0.3, -0.25) is 0 Å². The summed E-state index contributed by atoms with van der Waals surface area (Å²) in [6.45, 7) is 14.3. The zero-order valence-electron chi connectivity index (χ0n) is 15.0. The van der Waals surface area contributed by atoms with Gasteiger partial charge in [-0.1, -0.05) is 26.8 Å². The summed E-state index contributed by atoms with van der Waals surface area (Å²) in [7, 11) is -0.888. The molecule has 23 heavy (non-hydrogen) atoms. The number of methoxy groups -OCH3 is 1. The molecule has 0 aliphatic heterocycles. The van der Waals surface area contributed by atoms with E-state index in [4.69, 9.17) is 9.82 Å². The quantitative estimate of drug-likeness (QED) is 0.175. The van der Waals surface area contributed by atoms with Crippen LogP contribution >= 0.6 is 0 Å². The van der Waals surface area contributed by atoms with E-state index in [-0.39, 0.29) is 23.3 Å². The Kier molecular flexibility index (Phi) is 8.21. The summed E-state index contributed by atoms with van der Waals surface area (Å²) in [5, 5.41) is 19.0. The summed E-state index contributed by atoms with van der Waals surface area (Å²) in [5.41, 5.74) is -0.491. The number of diazo groups is 1. The molecule has 6 nitrogen and oxygen atoms in total. The van der Waals surface area contributed by atoms with Crippen LogP contribution in [0.15, 0.2) is 24.1 Å². The summed E-state index contributed by atoms with van der Waals surface area (Å²) in [5.74, 6) is -1.23. The van der Waals surface area contributed by atoms with Crippen LogP contribution in [0.1, 0.15) is 40.0 Å². The Hall–Kier alpha value is -1.65. The first-order valence-electron chi connectivity index (χ1n) is 7.64. The lowest BCUT2D eigenvalue weighted by Crippen LogP contribution is -2.44. The van der Waals surface area contributed by atoms with Crippen molar-refractivity contribution in [3.05, 3.63) is 29.1 Å². The molecule has 1 N–H and O–H groups in total. The van der Waals surface area contributed by atoms with Crippen molar-refractivity contribution in [1.29, 1.82) is 5.39 Å². The van der Waals surface area contributed by atoms with Crippen molar-refractivity contribution in [3.8, 4) is 0 Å². The average molecular weight is 342 g/mol. The van der Waals surface area contributed by atoms with Crippen LogP contribution in [-0.4, -0.2) is 32.6 Å². The van der Waals surface area contributed by atoms with Crippen LogP contribution < -0.4 is 0 Å². The fraction of sp³-hybridized carbons (Fsp3) is 0.688. The molecule has 0 saturated carbocycles. The number of aliphatic hydroxyl groups excluding tert-OH is 1. The molecule has 0 aromatic rings. The monoisotopic (exact) mass is 341 g/mol. The minimum absolute atomic E-state index is 0.0191. The number of carbonyl (C=O) groups is 1. The summed E-state index contributed by atoms with van der Waals surface area (Å²) in [6, 6.07) is 0. The number of nitrogens with zero attached hydrogens (tertiary/aromatic N) is 2. The lowest BCUT2D eigenvalue weighted by Gasteiger charge is -2.39. The zero-order valence-corrected chi connectivity index (χ0v) is 16.0. The first-order chi connectivity index (χ1) is 10.5. The van der Waals surface area contributed by atoms with Crippen LogP contribution in [0.25, 0.3) is 4.98 Å². The number of esters is 1. The van der Waals surface area contributed by atoms with Crippen molar-refractivity contribution in [2.75, 3.05) is 7.11 Å². The van der Waals surface area contributed by atoms with Gasteiger partial charge in [0.2, 0.25) is 5.39 Å². The smallest absolute Gasteiger partial charge is 0.505 e. The van der Waals surface area contributed by atoms with Crippen molar-refractivity contribution in [1.82, 2.24) is 0 Å². The Balaban J connectivity index is 5.35. The minimum Gasteiger partial charge on any atom is -0.505 e. The molecular weight excluding hydrogens is 312 g/mol. The van der Waals surface area contributed by atoms with E-state index in [0.29, 0.717) is 6.42 Å². The first-order valence-corrected chi connectivity index (χ1v) is 10.5. The fourth-order valence-corrected chi connectivity index (χ4v) is 3.11. The lowest BCUT2D eigenvalue weighted by atomic mass is 10.1. The molecule has 0 spiro atoms. The van der Waals surface area contributed by atoms with Crippen LogP contribution in [0.4, 0.5) is 0 Å². The number of aliphatic hydroxyl groups is 1. The van der Waals surface area contributed by atoms with Crippen LogP contribution in [0.2, 0.25) is 18.1 Å². The number of ether oxygens (including phenoxy) is 1. The van der Waals surface area contributed by atoms with Crippen molar-refractivity contribution in [2.45, 2.75) is 64.3 Å². The number of rotatable bonds is 8. The molecule has 130 valence electrons. The topological polar surface area (TPSA) is 83.9 Å². The molecule has 0 aliphatic carbocycles. The van der Waals surface area contributed by atoms with Gasteiger partial charge in [-0.05, 0) is 31.0 Å². The largest absolute Gasteiger partial charge is 0.505 e. The molecule has 0 rings (SSSR count). The molecule has 7 heteroatoms. The van der Waals surface area contributed by atoms with Gasteiger partial charge >= 0.3 is 11.7 Å². The predicted octanol–water partition coefficient (Wildman–Crippen LogP) is 4.53. The number of hydrogen-bond donors (Lipinski definition) is 1. The van der Waals surface area contributed by atoms with Gasteiger partial charge < -0.3 is 14.3 Å². The van der Waals surface area contributed by atoms with E-state index in [9.17, 15) is 9.90 Å². The van der Waals surface area contributed by atoms with Crippen LogP contribution in [-0.2, 0) is 14.0 Å². The normalized spacial score (nSPS) is 14.5. The van der Waals surface area contributed by atoms with Crippen LogP contribution in [0.5, 0.6) is 0 Å². The maximum absolute atomic E-state index is 11.5. The van der Waals surface area contributed by atoms with E-state index < -0.39 is 20.0 Å². The molecule has 0 amide bonds. The van der Waals surface area contributed by atoms with Gasteiger partial charge in [0.1, 0.15) is 0 Å². The molecule has 0 aromatic heterocycles. The Morgan fingerprint density at radius 2 is 2.00 bits per heavy atom. The number of allylic oxidation sites excluding steroid dienone is 1. The van der Waals surface area contributed by atoms with Crippen molar-refractivity contribution in [2.24, 2.45) is 0 Å². The van der Waals surface area contributed by atoms with Gasteiger partial charge in [0.15, 0.2) is 19.1 Å². The maximum Gasteiger partial charge on any atom is 0.505 e. The molecule has 1 atom stereocenters. The summed E-state index contributed by atoms with van der Waals surface area (Å²) >= 11 is 0. The van der Waals surface area contributed by atoms with Gasteiger partial charge in [0.25, 0.3) is 0 Å². The Morgan fingerprint density at radius 1 is 1.43 bits per heavy atom. The van der Waals surface area contributed by atoms with Gasteiger partial charge in [-0.25, -0.2) is 4.79 Å². The second-order valence-electron chi connectivity index (χ2n) is 6.96. The van der Waals surface area contributed by atoms with Crippen LogP contribution in [0, 0.1) is 5.39 Å². The lowest BCUT2D eigenvalue weighted by molar-refractivity contribution is -0.136. The molecular formula is C16H29N2O4Si+. The highest BCUT2D eigenvalue weighted by Gasteiger charge is 2.40. The first kappa shape index (κ1) is 21.3. The van der Waals surface area contributed by atoms with Crippen LogP contribution in [0.3, 0.4) is 0 Å². The second-order valence-corrected chi connectivity index (χ2v) is 11.7. The summed E-state index contributed by atoms with van der Waals surface area (Å²) in [4.78, 5) is 14.3. The van der Waals surface area contributed by atoms with E-state index in [2.05, 4.69) is 50.2 Å². The number of hydrogen-bond acceptors (Lipinski definition) is 5. The van der Waals surface area contributed by atoms with E-state index in [0.717, 1.165) is 13.5 Å². The Morgan fingerprint density at radius 3 is 2.39 bits per heavy atom. The van der Waals surface area contributed by atoms with Crippen molar-refractivity contribution < 1.29 is 19.1 Å². The van der Waals surface area contributed by atoms with Gasteiger partial charge in [-0.15, -0.1) is 6.58 Å². The highest BCUT2D eigenvalue weighted by atomic mass is 28.4. The van der Waals surface area contributed by atoms with Crippen molar-refractivity contribution >= 4 is 14.3 Å². The highest BCUT2D eigenvalue weighted by Crippen LogP contribution is 2.38. The number of carbonyl (C=O) groups excluding carboxylic acids is 1. The third-order valence-corrected chi connectivity index (χ3v) is 8.67. The van der Waals surface area contributed by atoms with Gasteiger partial charge in [0, 0.05) is 6.42 Å². The third kappa shape index (κ3) is 6.55. The minimum atomic E-state index is -2.04. The standard InChI is InChI=1S/C16H28N2O4Si/c1-8-9-10-12(22-23(6,7)16(2,3)4)11-13(19)14(18-17)15(20)21-5/h8,12H,1,9-11H2,2-7H3/p+1. The van der Waals surface area contributed by atoms with E-state index in [1.54, 1.807) is 6.08 Å². The van der Waals surface area contributed by atoms with E-state index in [1.807, 2.05) is 0 Å². The molecule has 0 heterocycles. The maximum atomic E-state index is 11.5. The van der Waals surface area contributed by atoms with Crippen molar-refractivity contribution in [3.63, 3.8) is 0 Å². The van der Waals surface area contributed by atoms with Gasteiger partial charge in [0.05, 0.1) is 13.2 Å². The molecule has 0 bridgehead atoms. The fourth-order valence-electron chi connectivity index (χ4n) is 1.73.